The van der Waals surface area contributed by atoms with Gasteiger partial charge in [0.2, 0.25) is 0 Å². The van der Waals surface area contributed by atoms with E-state index in [1.54, 1.807) is 6.92 Å². The van der Waals surface area contributed by atoms with Crippen molar-refractivity contribution in [2.75, 3.05) is 13.2 Å². The van der Waals surface area contributed by atoms with Crippen molar-refractivity contribution in [1.29, 1.82) is 0 Å². The molecule has 0 bridgehead atoms. The SMILES string of the molecule is CC(CO)NC(=O)COc1cc(Cl)c(Cl)cc1Cl. The number of ether oxygens (including phenoxy) is 1. The van der Waals surface area contributed by atoms with Crippen LogP contribution in [0.4, 0.5) is 0 Å². The van der Waals surface area contributed by atoms with Crippen molar-refractivity contribution in [2.45, 2.75) is 13.0 Å². The van der Waals surface area contributed by atoms with Crippen LogP contribution < -0.4 is 10.1 Å². The van der Waals surface area contributed by atoms with Crippen LogP contribution in [0.5, 0.6) is 5.75 Å². The quantitative estimate of drug-likeness (QED) is 0.821. The van der Waals surface area contributed by atoms with E-state index in [0.29, 0.717) is 10.0 Å². The third-order valence-electron chi connectivity index (χ3n) is 2.01. The fourth-order valence-corrected chi connectivity index (χ4v) is 1.71. The number of carbonyl (C=O) groups is 1. The van der Waals surface area contributed by atoms with Gasteiger partial charge in [-0.3, -0.25) is 4.79 Å². The molecule has 0 saturated carbocycles. The number of nitrogens with one attached hydrogen (secondary N) is 1. The lowest BCUT2D eigenvalue weighted by atomic mass is 10.3. The van der Waals surface area contributed by atoms with Crippen LogP contribution in [0.1, 0.15) is 6.92 Å². The van der Waals surface area contributed by atoms with E-state index in [2.05, 4.69) is 5.32 Å². The summed E-state index contributed by atoms with van der Waals surface area (Å²) in [5.74, 6) is -0.0865. The monoisotopic (exact) mass is 311 g/mol. The predicted octanol–water partition coefficient (Wildman–Crippen LogP) is 2.52. The summed E-state index contributed by atoms with van der Waals surface area (Å²) in [6, 6.07) is 2.55. The van der Waals surface area contributed by atoms with E-state index in [4.69, 9.17) is 44.6 Å². The number of benzene rings is 1. The summed E-state index contributed by atoms with van der Waals surface area (Å²) in [5, 5.41) is 12.2. The maximum atomic E-state index is 11.4. The molecule has 1 atom stereocenters. The van der Waals surface area contributed by atoms with Gasteiger partial charge in [-0.25, -0.2) is 0 Å². The Morgan fingerprint density at radius 3 is 2.56 bits per heavy atom. The highest BCUT2D eigenvalue weighted by Crippen LogP contribution is 2.33. The molecule has 1 unspecified atom stereocenters. The first-order valence-corrected chi connectivity index (χ1v) is 6.25. The third-order valence-corrected chi connectivity index (χ3v) is 3.03. The second-order valence-corrected chi connectivity index (χ2v) is 4.86. The van der Waals surface area contributed by atoms with Gasteiger partial charge in [0.25, 0.3) is 5.91 Å². The Labute approximate surface area is 120 Å². The second-order valence-electron chi connectivity index (χ2n) is 3.64. The van der Waals surface area contributed by atoms with Crippen LogP contribution in [-0.4, -0.2) is 30.3 Å². The first-order chi connectivity index (χ1) is 8.43. The normalized spacial score (nSPS) is 12.1. The lowest BCUT2D eigenvalue weighted by molar-refractivity contribution is -0.123. The molecule has 18 heavy (non-hydrogen) atoms. The van der Waals surface area contributed by atoms with Crippen molar-refractivity contribution < 1.29 is 14.6 Å². The number of amides is 1. The molecular weight excluding hydrogens is 300 g/mol. The molecule has 1 aromatic rings. The Balaban J connectivity index is 2.58. The fraction of sp³-hybridized carbons (Fsp3) is 0.364. The molecule has 0 aliphatic heterocycles. The van der Waals surface area contributed by atoms with E-state index in [9.17, 15) is 4.79 Å². The van der Waals surface area contributed by atoms with Gasteiger partial charge < -0.3 is 15.2 Å². The van der Waals surface area contributed by atoms with Crippen molar-refractivity contribution in [3.05, 3.63) is 27.2 Å². The fourth-order valence-electron chi connectivity index (χ4n) is 1.12. The summed E-state index contributed by atoms with van der Waals surface area (Å²) < 4.78 is 5.21. The van der Waals surface area contributed by atoms with Crippen molar-refractivity contribution in [3.63, 3.8) is 0 Å². The van der Waals surface area contributed by atoms with Gasteiger partial charge >= 0.3 is 0 Å². The lowest BCUT2D eigenvalue weighted by Crippen LogP contribution is -2.38. The maximum absolute atomic E-state index is 11.4. The molecule has 100 valence electrons. The van der Waals surface area contributed by atoms with Crippen LogP contribution in [0.15, 0.2) is 12.1 Å². The molecule has 0 radical (unpaired) electrons. The number of hydrogen-bond acceptors (Lipinski definition) is 3. The minimum atomic E-state index is -0.362. The second kappa shape index (κ2) is 7.04. The molecule has 1 aromatic carbocycles. The number of rotatable bonds is 5. The smallest absolute Gasteiger partial charge is 0.258 e. The number of halogens is 3. The van der Waals surface area contributed by atoms with Gasteiger partial charge in [-0.2, -0.15) is 0 Å². The first kappa shape index (κ1) is 15.4. The van der Waals surface area contributed by atoms with Gasteiger partial charge in [0.1, 0.15) is 5.75 Å². The Hall–Kier alpha value is -0.680. The highest BCUT2D eigenvalue weighted by atomic mass is 35.5. The van der Waals surface area contributed by atoms with Gasteiger partial charge in [0.05, 0.1) is 21.7 Å². The number of hydrogen-bond donors (Lipinski definition) is 2. The summed E-state index contributed by atoms with van der Waals surface area (Å²) in [6.07, 6.45) is 0. The van der Waals surface area contributed by atoms with E-state index in [-0.39, 0.29) is 35.9 Å². The van der Waals surface area contributed by atoms with Gasteiger partial charge in [-0.05, 0) is 13.0 Å². The minimum Gasteiger partial charge on any atom is -0.482 e. The molecule has 1 amide bonds. The average Bonchev–Trinajstić information content (AvgIpc) is 2.32. The van der Waals surface area contributed by atoms with Gasteiger partial charge in [0, 0.05) is 12.1 Å². The van der Waals surface area contributed by atoms with Gasteiger partial charge in [-0.15, -0.1) is 0 Å². The van der Waals surface area contributed by atoms with Gasteiger partial charge in [-0.1, -0.05) is 34.8 Å². The Morgan fingerprint density at radius 2 is 1.94 bits per heavy atom. The van der Waals surface area contributed by atoms with Crippen molar-refractivity contribution in [1.82, 2.24) is 5.32 Å². The number of aliphatic hydroxyl groups is 1. The van der Waals surface area contributed by atoms with Crippen LogP contribution in [0.2, 0.25) is 15.1 Å². The largest absolute Gasteiger partial charge is 0.482 e. The van der Waals surface area contributed by atoms with Crippen LogP contribution >= 0.6 is 34.8 Å². The first-order valence-electron chi connectivity index (χ1n) is 5.11. The molecule has 0 aromatic heterocycles. The standard InChI is InChI=1S/C11H12Cl3NO3/c1-6(4-16)15-11(17)5-18-10-3-8(13)7(12)2-9(10)14/h2-3,6,16H,4-5H2,1H3,(H,15,17). The predicted molar refractivity (Wildman–Crippen MR) is 71.7 cm³/mol. The molecule has 4 nitrogen and oxygen atoms in total. The average molecular weight is 313 g/mol. The molecule has 0 heterocycles. The Morgan fingerprint density at radius 1 is 1.33 bits per heavy atom. The zero-order valence-electron chi connectivity index (χ0n) is 9.54. The van der Waals surface area contributed by atoms with Crippen molar-refractivity contribution in [2.24, 2.45) is 0 Å². The number of aliphatic hydroxyl groups excluding tert-OH is 1. The molecule has 7 heteroatoms. The summed E-state index contributed by atoms with van der Waals surface area (Å²) in [6.45, 7) is 1.31. The molecule has 1 rings (SSSR count). The number of carbonyl (C=O) groups excluding carboxylic acids is 1. The topological polar surface area (TPSA) is 58.6 Å². The molecule has 0 aliphatic carbocycles. The third kappa shape index (κ3) is 4.53. The zero-order valence-corrected chi connectivity index (χ0v) is 11.8. The van der Waals surface area contributed by atoms with E-state index >= 15 is 0 Å². The maximum Gasteiger partial charge on any atom is 0.258 e. The van der Waals surface area contributed by atoms with Crippen molar-refractivity contribution in [3.8, 4) is 5.75 Å². The molecule has 2 N–H and O–H groups in total. The van der Waals surface area contributed by atoms with E-state index in [1.807, 2.05) is 0 Å². The molecule has 0 fully saturated rings. The highest BCUT2D eigenvalue weighted by Gasteiger charge is 2.10. The summed E-state index contributed by atoms with van der Waals surface area (Å²) in [5.41, 5.74) is 0. The van der Waals surface area contributed by atoms with E-state index in [1.165, 1.54) is 12.1 Å². The van der Waals surface area contributed by atoms with Gasteiger partial charge in [0.15, 0.2) is 6.61 Å². The highest BCUT2D eigenvalue weighted by molar-refractivity contribution is 6.43. The van der Waals surface area contributed by atoms with E-state index in [0.717, 1.165) is 0 Å². The Kier molecular flexibility index (Phi) is 6.02. The molecule has 0 spiro atoms. The summed E-state index contributed by atoms with van der Waals surface area (Å²) >= 11 is 17.4. The van der Waals surface area contributed by atoms with Crippen LogP contribution in [-0.2, 0) is 4.79 Å². The molecule has 0 aliphatic rings. The lowest BCUT2D eigenvalue weighted by Gasteiger charge is -2.12. The van der Waals surface area contributed by atoms with Crippen molar-refractivity contribution >= 4 is 40.7 Å². The summed E-state index contributed by atoms with van der Waals surface area (Å²) in [4.78, 5) is 11.4. The molecular formula is C11H12Cl3NO3. The van der Waals surface area contributed by atoms with Crippen LogP contribution in [0.3, 0.4) is 0 Å². The Bertz CT molecular complexity index is 440. The van der Waals surface area contributed by atoms with Crippen LogP contribution in [0, 0.1) is 0 Å². The van der Waals surface area contributed by atoms with E-state index < -0.39 is 0 Å². The minimum absolute atomic E-state index is 0.140. The zero-order chi connectivity index (χ0) is 13.7. The molecule has 0 saturated heterocycles. The summed E-state index contributed by atoms with van der Waals surface area (Å²) in [7, 11) is 0. The van der Waals surface area contributed by atoms with Crippen LogP contribution in [0.25, 0.3) is 0 Å².